The summed E-state index contributed by atoms with van der Waals surface area (Å²) in [7, 11) is 7.22. The number of ether oxygens (including phenoxy) is 2. The molecule has 10 nitrogen and oxygen atoms in total. The van der Waals surface area contributed by atoms with Crippen LogP contribution in [0.2, 0.25) is 0 Å². The Balaban J connectivity index is 1.19. The van der Waals surface area contributed by atoms with E-state index in [4.69, 9.17) is 9.47 Å². The van der Waals surface area contributed by atoms with E-state index in [0.29, 0.717) is 46.0 Å². The summed E-state index contributed by atoms with van der Waals surface area (Å²) in [6, 6.07) is 21.2. The summed E-state index contributed by atoms with van der Waals surface area (Å²) in [4.78, 5) is 8.37. The fraction of sp³-hybridized carbons (Fsp3) is 0.133. The first-order valence-corrected chi connectivity index (χ1v) is 12.5. The molecule has 202 valence electrons. The number of rotatable bonds is 8. The molecule has 0 saturated carbocycles. The van der Waals surface area contributed by atoms with Crippen molar-refractivity contribution >= 4 is 23.2 Å². The van der Waals surface area contributed by atoms with Gasteiger partial charge in [0.2, 0.25) is 0 Å². The number of aryl methyl sites for hydroxylation is 4. The Kier molecular flexibility index (Phi) is 7.32. The van der Waals surface area contributed by atoms with Crippen LogP contribution >= 0.6 is 0 Å². The number of hydrogen-bond donors (Lipinski definition) is 0. The van der Waals surface area contributed by atoms with E-state index in [1.807, 2.05) is 0 Å². The minimum atomic E-state index is -0.321. The van der Waals surface area contributed by atoms with Crippen LogP contribution in [0.4, 0.5) is 11.4 Å². The van der Waals surface area contributed by atoms with Crippen LogP contribution in [0, 0.1) is 0 Å². The summed E-state index contributed by atoms with van der Waals surface area (Å²) in [6.45, 7) is 0. The maximum atomic E-state index is 12.5. The van der Waals surface area contributed by atoms with Crippen molar-refractivity contribution in [3.63, 3.8) is 0 Å². The second-order valence-electron chi connectivity index (χ2n) is 9.18. The van der Waals surface area contributed by atoms with Crippen molar-refractivity contribution in [1.82, 2.24) is 9.13 Å². The molecule has 10 heteroatoms. The molecular formula is C30H28N6O4. The Bertz CT molecular complexity index is 1520. The zero-order valence-corrected chi connectivity index (χ0v) is 22.6. The van der Waals surface area contributed by atoms with Gasteiger partial charge in [-0.3, -0.25) is 9.98 Å². The quantitative estimate of drug-likeness (QED) is 0.173. The summed E-state index contributed by atoms with van der Waals surface area (Å²) in [5, 5.41) is 25.0. The summed E-state index contributed by atoms with van der Waals surface area (Å²) < 4.78 is 18.8. The third kappa shape index (κ3) is 5.86. The first kappa shape index (κ1) is 26.2. The van der Waals surface area contributed by atoms with Gasteiger partial charge in [-0.25, -0.2) is 18.3 Å². The molecule has 5 rings (SSSR count). The minimum Gasteiger partial charge on any atom is -0.853 e. The third-order valence-corrected chi connectivity index (χ3v) is 6.18. The molecule has 0 spiro atoms. The van der Waals surface area contributed by atoms with E-state index in [9.17, 15) is 10.2 Å². The van der Waals surface area contributed by atoms with Gasteiger partial charge in [0.05, 0.1) is 51.4 Å². The molecule has 0 unspecified atom stereocenters. The lowest BCUT2D eigenvalue weighted by Crippen LogP contribution is -2.39. The lowest BCUT2D eigenvalue weighted by molar-refractivity contribution is -0.674. The predicted octanol–water partition coefficient (Wildman–Crippen LogP) is 2.47. The van der Waals surface area contributed by atoms with E-state index in [0.717, 1.165) is 0 Å². The van der Waals surface area contributed by atoms with Crippen molar-refractivity contribution in [3.05, 3.63) is 109 Å². The summed E-state index contributed by atoms with van der Waals surface area (Å²) >= 11 is 0. The van der Waals surface area contributed by atoms with Crippen LogP contribution in [0.1, 0.15) is 11.6 Å². The minimum absolute atomic E-state index is 0.321. The van der Waals surface area contributed by atoms with E-state index in [-0.39, 0.29) is 11.8 Å². The Morgan fingerprint density at radius 2 is 0.875 bits per heavy atom. The molecule has 0 aliphatic heterocycles. The van der Waals surface area contributed by atoms with Crippen LogP contribution in [0.25, 0.3) is 0 Å². The van der Waals surface area contributed by atoms with E-state index in [1.165, 1.54) is 0 Å². The van der Waals surface area contributed by atoms with E-state index in [2.05, 4.69) is 9.98 Å². The van der Waals surface area contributed by atoms with Crippen molar-refractivity contribution in [1.29, 1.82) is 0 Å². The molecule has 0 aliphatic carbocycles. The van der Waals surface area contributed by atoms with Gasteiger partial charge in [-0.05, 0) is 72.8 Å². The Morgan fingerprint density at radius 3 is 1.15 bits per heavy atom. The largest absolute Gasteiger partial charge is 0.853 e. The zero-order valence-electron chi connectivity index (χ0n) is 22.6. The number of benzene rings is 3. The molecule has 0 saturated heterocycles. The lowest BCUT2D eigenvalue weighted by atomic mass is 10.3. The summed E-state index contributed by atoms with van der Waals surface area (Å²) in [5.41, 5.74) is 1.08. The van der Waals surface area contributed by atoms with Gasteiger partial charge >= 0.3 is 0 Å². The first-order valence-electron chi connectivity index (χ1n) is 12.5. The zero-order chi connectivity index (χ0) is 28.2. The van der Waals surface area contributed by atoms with Crippen molar-refractivity contribution in [2.75, 3.05) is 0 Å². The van der Waals surface area contributed by atoms with Crippen LogP contribution in [0.3, 0.4) is 0 Å². The van der Waals surface area contributed by atoms with E-state index < -0.39 is 0 Å². The monoisotopic (exact) mass is 536 g/mol. The fourth-order valence-electron chi connectivity index (χ4n) is 4.14. The topological polar surface area (TPSA) is 107 Å². The molecule has 0 atom stereocenters. The molecule has 0 radical (unpaired) electrons. The number of nitrogens with zero attached hydrogens (tertiary/aromatic N) is 6. The highest BCUT2D eigenvalue weighted by atomic mass is 16.5. The van der Waals surface area contributed by atoms with Gasteiger partial charge in [-0.15, -0.1) is 0 Å². The first-order chi connectivity index (χ1) is 19.3. The van der Waals surface area contributed by atoms with Crippen molar-refractivity contribution in [2.24, 2.45) is 38.2 Å². The number of aliphatic imine (C=N–C) groups is 2. The highest BCUT2D eigenvalue weighted by Crippen LogP contribution is 2.29. The highest BCUT2D eigenvalue weighted by molar-refractivity contribution is 5.88. The van der Waals surface area contributed by atoms with Crippen LogP contribution in [-0.4, -0.2) is 20.9 Å². The van der Waals surface area contributed by atoms with Gasteiger partial charge in [-0.2, -0.15) is 0 Å². The Labute approximate surface area is 231 Å². The van der Waals surface area contributed by atoms with Crippen LogP contribution in [0.15, 0.2) is 108 Å². The highest BCUT2D eigenvalue weighted by Gasteiger charge is 2.12. The SMILES string of the molecule is Cn1cc[n+](C)c1C([O-])=Nc1ccc(Oc2ccc(Oc3ccc(N=C([O-])c4n(C)cc[n+]4C)cc3)cc2)cc1. The Morgan fingerprint density at radius 1 is 0.575 bits per heavy atom. The Hall–Kier alpha value is -5.38. The van der Waals surface area contributed by atoms with E-state index in [1.54, 1.807) is 144 Å². The van der Waals surface area contributed by atoms with Crippen LogP contribution in [-0.2, 0) is 28.2 Å². The maximum absolute atomic E-state index is 12.5. The fourth-order valence-corrected chi connectivity index (χ4v) is 4.14. The van der Waals surface area contributed by atoms with Crippen LogP contribution in [0.5, 0.6) is 23.0 Å². The van der Waals surface area contributed by atoms with Crippen molar-refractivity contribution in [3.8, 4) is 23.0 Å². The van der Waals surface area contributed by atoms with Gasteiger partial charge < -0.3 is 19.7 Å². The maximum Gasteiger partial charge on any atom is 0.292 e. The molecule has 2 heterocycles. The molecule has 2 aromatic heterocycles. The number of imidazole rings is 2. The van der Waals surface area contributed by atoms with Gasteiger partial charge in [0.25, 0.3) is 11.6 Å². The molecular weight excluding hydrogens is 508 g/mol. The van der Waals surface area contributed by atoms with Crippen LogP contribution < -0.4 is 28.8 Å². The molecule has 0 bridgehead atoms. The molecule has 0 fully saturated rings. The lowest BCUT2D eigenvalue weighted by Gasteiger charge is -2.10. The molecule has 3 aromatic carbocycles. The van der Waals surface area contributed by atoms with Crippen molar-refractivity contribution in [2.45, 2.75) is 0 Å². The smallest absolute Gasteiger partial charge is 0.292 e. The van der Waals surface area contributed by atoms with Gasteiger partial charge in [0.1, 0.15) is 47.8 Å². The molecule has 0 aliphatic rings. The second kappa shape index (κ2) is 11.2. The van der Waals surface area contributed by atoms with E-state index >= 15 is 0 Å². The third-order valence-electron chi connectivity index (χ3n) is 6.18. The van der Waals surface area contributed by atoms with Gasteiger partial charge in [0.15, 0.2) is 0 Å². The standard InChI is InChI=1S/C30H28N6O4/c1-33-17-18-34(2)29(33)27(37)31-21-5-9-23(10-6-21)39-25-13-15-26(16-14-25)40-24-11-7-22(8-12-24)32-28(38)30-35(3)19-20-36(30)4/h5-20H,1-4H3. The number of aromatic nitrogens is 4. The average molecular weight is 537 g/mol. The van der Waals surface area contributed by atoms with Gasteiger partial charge in [0, 0.05) is 0 Å². The average Bonchev–Trinajstić information content (AvgIpc) is 3.46. The summed E-state index contributed by atoms with van der Waals surface area (Å²) in [6.07, 6.45) is 7.22. The molecule has 40 heavy (non-hydrogen) atoms. The second-order valence-corrected chi connectivity index (χ2v) is 9.18. The molecule has 0 N–H and O–H groups in total. The summed E-state index contributed by atoms with van der Waals surface area (Å²) in [5.74, 6) is 2.82. The van der Waals surface area contributed by atoms with Crippen molar-refractivity contribution < 1.29 is 28.8 Å². The van der Waals surface area contributed by atoms with Gasteiger partial charge in [-0.1, -0.05) is 0 Å². The molecule has 5 aromatic rings. The molecule has 0 amide bonds. The number of hydrogen-bond acceptors (Lipinski definition) is 6. The normalized spacial score (nSPS) is 12.0. The predicted molar refractivity (Wildman–Crippen MR) is 145 cm³/mol.